The molecule has 0 radical (unpaired) electrons. The molecule has 7 nitrogen and oxygen atoms in total. The Morgan fingerprint density at radius 3 is 3.00 bits per heavy atom. The summed E-state index contributed by atoms with van der Waals surface area (Å²) in [4.78, 5) is 24.7. The zero-order chi connectivity index (χ0) is 16.1. The molecule has 1 aliphatic rings. The van der Waals surface area contributed by atoms with Gasteiger partial charge in [-0.15, -0.1) is 0 Å². The zero-order valence-corrected chi connectivity index (χ0v) is 12.1. The fourth-order valence-corrected chi connectivity index (χ4v) is 2.15. The third-order valence-electron chi connectivity index (χ3n) is 3.28. The molecule has 1 aromatic rings. The van der Waals surface area contributed by atoms with Crippen LogP contribution in [0.4, 0.5) is 0 Å². The van der Waals surface area contributed by atoms with E-state index in [-0.39, 0.29) is 19.1 Å². The van der Waals surface area contributed by atoms with Crippen LogP contribution < -0.4 is 4.74 Å². The number of carbonyl (C=O) groups excluding carboxylic acids is 1. The van der Waals surface area contributed by atoms with Crippen LogP contribution in [0.15, 0.2) is 24.3 Å². The van der Waals surface area contributed by atoms with Crippen molar-refractivity contribution in [2.45, 2.75) is 19.1 Å². The highest BCUT2D eigenvalue weighted by molar-refractivity contribution is 5.82. The number of carboxylic acids is 1. The summed E-state index contributed by atoms with van der Waals surface area (Å²) in [5, 5.41) is 17.8. The minimum Gasteiger partial charge on any atom is -0.481 e. The van der Waals surface area contributed by atoms with Crippen LogP contribution in [-0.2, 0) is 14.3 Å². The maximum absolute atomic E-state index is 12.3. The topological polar surface area (TPSA) is 99.9 Å². The van der Waals surface area contributed by atoms with E-state index in [4.69, 9.17) is 19.8 Å². The number of benzene rings is 1. The number of carboxylic acid groups (broad SMARTS) is 1. The summed E-state index contributed by atoms with van der Waals surface area (Å²) in [6.45, 7) is 2.10. The average molecular weight is 304 g/mol. The van der Waals surface area contributed by atoms with Crippen molar-refractivity contribution < 1.29 is 24.2 Å². The highest BCUT2D eigenvalue weighted by Gasteiger charge is 2.31. The van der Waals surface area contributed by atoms with Crippen LogP contribution in [-0.4, -0.2) is 53.8 Å². The highest BCUT2D eigenvalue weighted by atomic mass is 16.5. The van der Waals surface area contributed by atoms with Crippen molar-refractivity contribution in [3.05, 3.63) is 29.8 Å². The van der Waals surface area contributed by atoms with Gasteiger partial charge < -0.3 is 19.5 Å². The predicted octanol–water partition coefficient (Wildman–Crippen LogP) is 0.638. The first-order valence-corrected chi connectivity index (χ1v) is 6.81. The molecule has 1 heterocycles. The molecule has 2 rings (SSSR count). The number of nitrogens with zero attached hydrogens (tertiary/aromatic N) is 2. The van der Waals surface area contributed by atoms with Crippen LogP contribution in [0, 0.1) is 11.3 Å². The monoisotopic (exact) mass is 304 g/mol. The fourth-order valence-electron chi connectivity index (χ4n) is 2.15. The quantitative estimate of drug-likeness (QED) is 0.876. The Kier molecular flexibility index (Phi) is 4.96. The molecule has 0 saturated carbocycles. The molecular weight excluding hydrogens is 288 g/mol. The number of morpholine rings is 1. The van der Waals surface area contributed by atoms with E-state index in [1.165, 1.54) is 4.90 Å². The second kappa shape index (κ2) is 6.91. The van der Waals surface area contributed by atoms with Gasteiger partial charge >= 0.3 is 5.97 Å². The number of aliphatic carboxylic acids is 1. The van der Waals surface area contributed by atoms with E-state index < -0.39 is 18.2 Å². The predicted molar refractivity (Wildman–Crippen MR) is 75.2 cm³/mol. The fraction of sp³-hybridized carbons (Fsp3) is 0.400. The van der Waals surface area contributed by atoms with E-state index in [1.54, 1.807) is 31.2 Å². The van der Waals surface area contributed by atoms with E-state index in [0.717, 1.165) is 0 Å². The van der Waals surface area contributed by atoms with Gasteiger partial charge in [0.1, 0.15) is 5.75 Å². The Labute approximate surface area is 127 Å². The number of hydrogen-bond donors (Lipinski definition) is 1. The van der Waals surface area contributed by atoms with Gasteiger partial charge in [0.15, 0.2) is 12.2 Å². The Balaban J connectivity index is 1.99. The molecule has 2 unspecified atom stereocenters. The van der Waals surface area contributed by atoms with E-state index in [0.29, 0.717) is 17.9 Å². The van der Waals surface area contributed by atoms with Crippen LogP contribution in [0.1, 0.15) is 12.5 Å². The minimum absolute atomic E-state index is 0.000101. The molecule has 2 atom stereocenters. The summed E-state index contributed by atoms with van der Waals surface area (Å²) in [7, 11) is 0. The summed E-state index contributed by atoms with van der Waals surface area (Å²) < 4.78 is 10.6. The maximum Gasteiger partial charge on any atom is 0.334 e. The molecule has 0 aromatic heterocycles. The number of ether oxygens (including phenoxy) is 2. The van der Waals surface area contributed by atoms with E-state index in [9.17, 15) is 9.59 Å². The summed E-state index contributed by atoms with van der Waals surface area (Å²) >= 11 is 0. The summed E-state index contributed by atoms with van der Waals surface area (Å²) in [5.41, 5.74) is 0.439. The van der Waals surface area contributed by atoms with Crippen LogP contribution in [0.3, 0.4) is 0 Å². The van der Waals surface area contributed by atoms with Crippen molar-refractivity contribution in [2.75, 3.05) is 19.7 Å². The molecule has 1 N–H and O–H groups in total. The Morgan fingerprint density at radius 2 is 2.32 bits per heavy atom. The van der Waals surface area contributed by atoms with Crippen molar-refractivity contribution in [3.8, 4) is 11.8 Å². The van der Waals surface area contributed by atoms with Gasteiger partial charge in [0.25, 0.3) is 5.91 Å². The highest BCUT2D eigenvalue weighted by Crippen LogP contribution is 2.16. The lowest BCUT2D eigenvalue weighted by molar-refractivity contribution is -0.161. The summed E-state index contributed by atoms with van der Waals surface area (Å²) in [6, 6.07) is 8.50. The van der Waals surface area contributed by atoms with Crippen molar-refractivity contribution in [1.82, 2.24) is 4.90 Å². The minimum atomic E-state index is -1.09. The molecule has 7 heteroatoms. The lowest BCUT2D eigenvalue weighted by atomic mass is 10.2. The molecule has 0 bridgehead atoms. The van der Waals surface area contributed by atoms with E-state index >= 15 is 0 Å². The second-order valence-corrected chi connectivity index (χ2v) is 4.88. The molecule has 22 heavy (non-hydrogen) atoms. The van der Waals surface area contributed by atoms with Gasteiger partial charge in [-0.2, -0.15) is 5.26 Å². The third kappa shape index (κ3) is 3.74. The molecule has 1 aromatic carbocycles. The standard InChI is InChI=1S/C15H16N2O5/c1-10(22-12-4-2-3-11(7-12)8-16)14(18)17-5-6-21-13(9-17)15(19)20/h2-4,7,10,13H,5-6,9H2,1H3,(H,19,20). The first kappa shape index (κ1) is 15.8. The van der Waals surface area contributed by atoms with E-state index in [1.807, 2.05) is 6.07 Å². The average Bonchev–Trinajstić information content (AvgIpc) is 2.54. The third-order valence-corrected chi connectivity index (χ3v) is 3.28. The molecule has 0 spiro atoms. The maximum atomic E-state index is 12.3. The summed E-state index contributed by atoms with van der Waals surface area (Å²) in [6.07, 6.45) is -1.78. The number of carbonyl (C=O) groups is 2. The van der Waals surface area contributed by atoms with Crippen molar-refractivity contribution in [2.24, 2.45) is 0 Å². The smallest absolute Gasteiger partial charge is 0.334 e. The van der Waals surface area contributed by atoms with Crippen LogP contribution >= 0.6 is 0 Å². The molecule has 1 amide bonds. The number of rotatable bonds is 4. The molecule has 1 saturated heterocycles. The first-order chi connectivity index (χ1) is 10.5. The van der Waals surface area contributed by atoms with Gasteiger partial charge in [0, 0.05) is 6.54 Å². The molecule has 1 aliphatic heterocycles. The van der Waals surface area contributed by atoms with E-state index in [2.05, 4.69) is 0 Å². The Bertz CT molecular complexity index is 610. The lowest BCUT2D eigenvalue weighted by Gasteiger charge is -2.32. The van der Waals surface area contributed by atoms with Gasteiger partial charge in [0.05, 0.1) is 24.8 Å². The van der Waals surface area contributed by atoms with Crippen molar-refractivity contribution in [3.63, 3.8) is 0 Å². The van der Waals surface area contributed by atoms with Crippen molar-refractivity contribution in [1.29, 1.82) is 5.26 Å². The van der Waals surface area contributed by atoms with Gasteiger partial charge in [-0.25, -0.2) is 4.79 Å². The molecule has 0 aliphatic carbocycles. The largest absolute Gasteiger partial charge is 0.481 e. The van der Waals surface area contributed by atoms with Crippen LogP contribution in [0.2, 0.25) is 0 Å². The Morgan fingerprint density at radius 1 is 1.55 bits per heavy atom. The van der Waals surface area contributed by atoms with Gasteiger partial charge in [-0.1, -0.05) is 6.07 Å². The SMILES string of the molecule is CC(Oc1cccc(C#N)c1)C(=O)N1CCOC(C(=O)O)C1. The number of hydrogen-bond acceptors (Lipinski definition) is 5. The number of nitriles is 1. The molecule has 116 valence electrons. The summed E-state index contributed by atoms with van der Waals surface area (Å²) in [5.74, 6) is -0.979. The normalized spacial score (nSPS) is 19.1. The van der Waals surface area contributed by atoms with Gasteiger partial charge in [0.2, 0.25) is 0 Å². The van der Waals surface area contributed by atoms with Crippen LogP contribution in [0.5, 0.6) is 5.75 Å². The lowest BCUT2D eigenvalue weighted by Crippen LogP contribution is -2.51. The number of amides is 1. The molecular formula is C15H16N2O5. The Hall–Kier alpha value is -2.59. The van der Waals surface area contributed by atoms with Crippen molar-refractivity contribution >= 4 is 11.9 Å². The second-order valence-electron chi connectivity index (χ2n) is 4.88. The zero-order valence-electron chi connectivity index (χ0n) is 12.1. The van der Waals surface area contributed by atoms with Gasteiger partial charge in [-0.05, 0) is 25.1 Å². The first-order valence-electron chi connectivity index (χ1n) is 6.81. The molecule has 1 fully saturated rings. The van der Waals surface area contributed by atoms with Gasteiger partial charge in [-0.3, -0.25) is 4.79 Å². The van der Waals surface area contributed by atoms with Crippen LogP contribution in [0.25, 0.3) is 0 Å².